The predicted octanol–water partition coefficient (Wildman–Crippen LogP) is 3.03. The van der Waals surface area contributed by atoms with Crippen molar-refractivity contribution in [1.82, 2.24) is 4.72 Å². The van der Waals surface area contributed by atoms with Gasteiger partial charge in [-0.25, -0.2) is 13.1 Å². The van der Waals surface area contributed by atoms with E-state index < -0.39 is 10.0 Å². The van der Waals surface area contributed by atoms with Crippen LogP contribution in [-0.4, -0.2) is 8.42 Å². The molecule has 2 aromatic rings. The zero-order valence-corrected chi connectivity index (χ0v) is 13.6. The lowest BCUT2D eigenvalue weighted by Crippen LogP contribution is -2.29. The van der Waals surface area contributed by atoms with Crippen LogP contribution in [0, 0.1) is 0 Å². The maximum atomic E-state index is 12.6. The molecule has 0 bridgehead atoms. The van der Waals surface area contributed by atoms with E-state index in [1.165, 1.54) is 0 Å². The van der Waals surface area contributed by atoms with E-state index in [0.29, 0.717) is 5.56 Å². The van der Waals surface area contributed by atoms with Gasteiger partial charge in [0.05, 0.1) is 10.9 Å². The molecular formula is C15H20N2O2S2. The van der Waals surface area contributed by atoms with Crippen LogP contribution in [0.4, 0.5) is 0 Å². The first-order valence-corrected chi connectivity index (χ1v) is 9.28. The van der Waals surface area contributed by atoms with E-state index in [1.807, 2.05) is 24.4 Å². The molecule has 0 aliphatic carbocycles. The predicted molar refractivity (Wildman–Crippen MR) is 86.6 cm³/mol. The molecule has 0 aliphatic heterocycles. The Morgan fingerprint density at radius 2 is 2.00 bits per heavy atom. The number of thiophene rings is 1. The molecule has 0 aliphatic rings. The highest BCUT2D eigenvalue weighted by atomic mass is 32.2. The topological polar surface area (TPSA) is 72.2 Å². The monoisotopic (exact) mass is 324 g/mol. The van der Waals surface area contributed by atoms with Crippen LogP contribution in [0.2, 0.25) is 0 Å². The average Bonchev–Trinajstić information content (AvgIpc) is 3.01. The Hall–Kier alpha value is -1.21. The molecule has 6 heteroatoms. The van der Waals surface area contributed by atoms with Crippen molar-refractivity contribution in [3.63, 3.8) is 0 Å². The number of nitrogens with one attached hydrogen (secondary N) is 1. The van der Waals surface area contributed by atoms with Gasteiger partial charge in [-0.3, -0.25) is 0 Å². The first kappa shape index (κ1) is 16.2. The molecular weight excluding hydrogens is 304 g/mol. The molecule has 0 radical (unpaired) electrons. The fraction of sp³-hybridized carbons (Fsp3) is 0.333. The van der Waals surface area contributed by atoms with Gasteiger partial charge in [0.1, 0.15) is 0 Å². The van der Waals surface area contributed by atoms with Crippen molar-refractivity contribution >= 4 is 21.4 Å². The Morgan fingerprint density at radius 3 is 2.62 bits per heavy atom. The van der Waals surface area contributed by atoms with Gasteiger partial charge in [0.25, 0.3) is 0 Å². The fourth-order valence-corrected chi connectivity index (χ4v) is 4.61. The van der Waals surface area contributed by atoms with Gasteiger partial charge >= 0.3 is 0 Å². The normalized spacial score (nSPS) is 13.2. The smallest absolute Gasteiger partial charge is 0.241 e. The first-order valence-electron chi connectivity index (χ1n) is 6.92. The molecule has 1 aromatic heterocycles. The zero-order valence-electron chi connectivity index (χ0n) is 12.0. The maximum Gasteiger partial charge on any atom is 0.241 e. The Kier molecular flexibility index (Phi) is 5.52. The highest BCUT2D eigenvalue weighted by molar-refractivity contribution is 7.89. The summed E-state index contributed by atoms with van der Waals surface area (Å²) in [5, 5.41) is 1.96. The fourth-order valence-electron chi connectivity index (χ4n) is 2.22. The SMILES string of the molecule is CCCC(NS(=O)(=O)c1ccccc1CN)c1cccs1. The lowest BCUT2D eigenvalue weighted by Gasteiger charge is -2.18. The Morgan fingerprint density at radius 1 is 1.24 bits per heavy atom. The van der Waals surface area contributed by atoms with Crippen LogP contribution in [0.5, 0.6) is 0 Å². The molecule has 0 fully saturated rings. The number of rotatable bonds is 7. The summed E-state index contributed by atoms with van der Waals surface area (Å²) in [6, 6.07) is 10.6. The summed E-state index contributed by atoms with van der Waals surface area (Å²) in [5.74, 6) is 0. The molecule has 114 valence electrons. The molecule has 21 heavy (non-hydrogen) atoms. The maximum absolute atomic E-state index is 12.6. The lowest BCUT2D eigenvalue weighted by molar-refractivity contribution is 0.539. The third-order valence-electron chi connectivity index (χ3n) is 3.24. The minimum absolute atomic E-state index is 0.189. The van der Waals surface area contributed by atoms with E-state index >= 15 is 0 Å². The largest absolute Gasteiger partial charge is 0.326 e. The number of hydrogen-bond acceptors (Lipinski definition) is 4. The molecule has 0 spiro atoms. The zero-order chi connectivity index (χ0) is 15.3. The molecule has 1 aromatic carbocycles. The van der Waals surface area contributed by atoms with Gasteiger partial charge in [-0.2, -0.15) is 0 Å². The Labute approximate surface area is 130 Å². The van der Waals surface area contributed by atoms with Gasteiger partial charge in [-0.1, -0.05) is 37.6 Å². The van der Waals surface area contributed by atoms with Crippen molar-refractivity contribution in [2.45, 2.75) is 37.2 Å². The number of hydrogen-bond donors (Lipinski definition) is 2. The summed E-state index contributed by atoms with van der Waals surface area (Å²) in [6.07, 6.45) is 1.67. The quantitative estimate of drug-likeness (QED) is 0.822. The van der Waals surface area contributed by atoms with Crippen molar-refractivity contribution in [2.75, 3.05) is 0 Å². The van der Waals surface area contributed by atoms with Crippen LogP contribution in [0.1, 0.15) is 36.2 Å². The highest BCUT2D eigenvalue weighted by Crippen LogP contribution is 2.26. The molecule has 3 N–H and O–H groups in total. The number of nitrogens with two attached hydrogens (primary N) is 1. The van der Waals surface area contributed by atoms with Crippen LogP contribution >= 0.6 is 11.3 Å². The highest BCUT2D eigenvalue weighted by Gasteiger charge is 2.23. The van der Waals surface area contributed by atoms with Crippen molar-refractivity contribution < 1.29 is 8.42 Å². The first-order chi connectivity index (χ1) is 10.1. The van der Waals surface area contributed by atoms with Crippen LogP contribution in [0.25, 0.3) is 0 Å². The van der Waals surface area contributed by atoms with Crippen LogP contribution < -0.4 is 10.5 Å². The molecule has 4 nitrogen and oxygen atoms in total. The second-order valence-corrected chi connectivity index (χ2v) is 7.45. The van der Waals surface area contributed by atoms with Crippen molar-refractivity contribution in [3.05, 3.63) is 52.2 Å². The molecule has 0 amide bonds. The van der Waals surface area contributed by atoms with Crippen LogP contribution in [0.3, 0.4) is 0 Å². The van der Waals surface area contributed by atoms with Gasteiger partial charge in [0, 0.05) is 11.4 Å². The summed E-state index contributed by atoms with van der Waals surface area (Å²) in [6.45, 7) is 2.25. The second kappa shape index (κ2) is 7.17. The average molecular weight is 324 g/mol. The molecule has 1 atom stereocenters. The van der Waals surface area contributed by atoms with Crippen LogP contribution in [-0.2, 0) is 16.6 Å². The van der Waals surface area contributed by atoms with Crippen molar-refractivity contribution in [1.29, 1.82) is 0 Å². The lowest BCUT2D eigenvalue weighted by atomic mass is 10.1. The van der Waals surface area contributed by atoms with E-state index in [1.54, 1.807) is 35.6 Å². The summed E-state index contributed by atoms with van der Waals surface area (Å²) in [7, 11) is -3.57. The Bertz CT molecular complexity index is 667. The van der Waals surface area contributed by atoms with Gasteiger partial charge in [0.2, 0.25) is 10.0 Å². The summed E-state index contributed by atoms with van der Waals surface area (Å²) < 4.78 is 28.1. The molecule has 0 saturated heterocycles. The van der Waals surface area contributed by atoms with E-state index in [-0.39, 0.29) is 17.5 Å². The second-order valence-electron chi connectivity index (χ2n) is 4.79. The van der Waals surface area contributed by atoms with E-state index in [4.69, 9.17) is 5.73 Å². The van der Waals surface area contributed by atoms with E-state index in [0.717, 1.165) is 17.7 Å². The third-order valence-corrected chi connectivity index (χ3v) is 5.80. The summed E-state index contributed by atoms with van der Waals surface area (Å²) in [4.78, 5) is 1.30. The number of benzene rings is 1. The molecule has 1 heterocycles. The van der Waals surface area contributed by atoms with Crippen molar-refractivity contribution in [3.8, 4) is 0 Å². The number of sulfonamides is 1. The molecule has 1 unspecified atom stereocenters. The van der Waals surface area contributed by atoms with Gasteiger partial charge in [-0.05, 0) is 29.5 Å². The van der Waals surface area contributed by atoms with E-state index in [2.05, 4.69) is 4.72 Å². The molecule has 2 rings (SSSR count). The third kappa shape index (κ3) is 3.91. The van der Waals surface area contributed by atoms with Crippen LogP contribution in [0.15, 0.2) is 46.7 Å². The standard InChI is InChI=1S/C15H20N2O2S2/c1-2-6-13(14-8-5-10-20-14)17-21(18,19)15-9-4-3-7-12(15)11-16/h3-5,7-10,13,17H,2,6,11,16H2,1H3. The minimum atomic E-state index is -3.57. The van der Waals surface area contributed by atoms with Gasteiger partial charge in [0.15, 0.2) is 0 Å². The Balaban J connectivity index is 2.30. The van der Waals surface area contributed by atoms with E-state index in [9.17, 15) is 8.42 Å². The van der Waals surface area contributed by atoms with Gasteiger partial charge in [-0.15, -0.1) is 11.3 Å². The molecule has 0 saturated carbocycles. The summed E-state index contributed by atoms with van der Waals surface area (Å²) >= 11 is 1.57. The summed E-state index contributed by atoms with van der Waals surface area (Å²) in [5.41, 5.74) is 6.27. The van der Waals surface area contributed by atoms with Crippen molar-refractivity contribution in [2.24, 2.45) is 5.73 Å². The van der Waals surface area contributed by atoms with Gasteiger partial charge < -0.3 is 5.73 Å². The minimum Gasteiger partial charge on any atom is -0.326 e.